The lowest BCUT2D eigenvalue weighted by molar-refractivity contribution is 0.383. The van der Waals surface area contributed by atoms with Gasteiger partial charge in [0.05, 0.1) is 0 Å². The van der Waals surface area contributed by atoms with Crippen molar-refractivity contribution < 1.29 is 0 Å². The van der Waals surface area contributed by atoms with Gasteiger partial charge in [0.15, 0.2) is 0 Å². The Kier molecular flexibility index (Phi) is 6.21. The Morgan fingerprint density at radius 1 is 1.32 bits per heavy atom. The number of aryl methyl sites for hydroxylation is 1. The molecule has 4 nitrogen and oxygen atoms in total. The van der Waals surface area contributed by atoms with Crippen LogP contribution in [0.15, 0.2) is 11.1 Å². The molecule has 1 fully saturated rings. The number of hydrogen-bond donors (Lipinski definition) is 1. The van der Waals surface area contributed by atoms with Crippen LogP contribution in [0.2, 0.25) is 0 Å². The maximum atomic E-state index is 5.97. The average molecular weight is 304 g/mol. The van der Waals surface area contributed by atoms with Gasteiger partial charge < -0.3 is 15.2 Å². The summed E-state index contributed by atoms with van der Waals surface area (Å²) in [5.41, 5.74) is 9.79. The van der Waals surface area contributed by atoms with Crippen LogP contribution in [0.4, 0.5) is 5.82 Å². The van der Waals surface area contributed by atoms with Crippen LogP contribution in [-0.2, 0) is 13.1 Å². The first-order valence-corrected chi connectivity index (χ1v) is 8.64. The van der Waals surface area contributed by atoms with E-state index in [1.807, 2.05) is 0 Å². The molecule has 1 aromatic heterocycles. The van der Waals surface area contributed by atoms with E-state index in [1.165, 1.54) is 42.7 Å². The van der Waals surface area contributed by atoms with Crippen molar-refractivity contribution in [2.24, 2.45) is 16.6 Å². The second kappa shape index (κ2) is 7.93. The molecule has 2 rings (SSSR count). The first kappa shape index (κ1) is 17.2. The molecule has 22 heavy (non-hydrogen) atoms. The maximum absolute atomic E-state index is 5.97. The fourth-order valence-corrected chi connectivity index (χ4v) is 3.25. The van der Waals surface area contributed by atoms with Crippen molar-refractivity contribution in [1.82, 2.24) is 9.47 Å². The Morgan fingerprint density at radius 2 is 2.09 bits per heavy atom. The summed E-state index contributed by atoms with van der Waals surface area (Å²) in [5.74, 6) is 1.70. The SMILES string of the molecule is Cc1cc(CN)c(/N=C2/CCCCCC2C)n1CCN(C)C. The van der Waals surface area contributed by atoms with Crippen molar-refractivity contribution in [2.45, 2.75) is 59.0 Å². The number of likely N-dealkylation sites (N-methyl/N-ethyl adjacent to an activating group) is 1. The molecular formula is C18H32N4. The van der Waals surface area contributed by atoms with Crippen LogP contribution in [0.3, 0.4) is 0 Å². The number of hydrogen-bond acceptors (Lipinski definition) is 3. The number of rotatable bonds is 5. The minimum Gasteiger partial charge on any atom is -0.329 e. The summed E-state index contributed by atoms with van der Waals surface area (Å²) in [6.07, 6.45) is 6.37. The van der Waals surface area contributed by atoms with Gasteiger partial charge in [-0.05, 0) is 52.3 Å². The largest absolute Gasteiger partial charge is 0.329 e. The van der Waals surface area contributed by atoms with Gasteiger partial charge in [-0.15, -0.1) is 0 Å². The molecule has 1 unspecified atom stereocenters. The molecule has 0 radical (unpaired) electrons. The fraction of sp³-hybridized carbons (Fsp3) is 0.722. The second-order valence-corrected chi connectivity index (χ2v) is 6.90. The van der Waals surface area contributed by atoms with E-state index in [1.54, 1.807) is 0 Å². The van der Waals surface area contributed by atoms with Crippen molar-refractivity contribution in [3.8, 4) is 0 Å². The summed E-state index contributed by atoms with van der Waals surface area (Å²) in [6, 6.07) is 2.20. The van der Waals surface area contributed by atoms with Gasteiger partial charge in [-0.3, -0.25) is 0 Å². The highest BCUT2D eigenvalue weighted by Gasteiger charge is 2.17. The molecule has 0 saturated heterocycles. The maximum Gasteiger partial charge on any atom is 0.137 e. The van der Waals surface area contributed by atoms with Crippen molar-refractivity contribution in [2.75, 3.05) is 20.6 Å². The van der Waals surface area contributed by atoms with Crippen molar-refractivity contribution >= 4 is 11.5 Å². The smallest absolute Gasteiger partial charge is 0.137 e. The van der Waals surface area contributed by atoms with E-state index >= 15 is 0 Å². The van der Waals surface area contributed by atoms with E-state index in [4.69, 9.17) is 10.7 Å². The molecule has 2 N–H and O–H groups in total. The fourth-order valence-electron chi connectivity index (χ4n) is 3.25. The van der Waals surface area contributed by atoms with Crippen LogP contribution < -0.4 is 5.73 Å². The molecule has 1 aliphatic rings. The number of aliphatic imine (C=N–C) groups is 1. The zero-order chi connectivity index (χ0) is 16.1. The Hall–Kier alpha value is -1.13. The molecule has 0 spiro atoms. The number of nitrogens with two attached hydrogens (primary N) is 1. The molecule has 0 aromatic carbocycles. The number of nitrogens with zero attached hydrogens (tertiary/aromatic N) is 3. The molecule has 4 heteroatoms. The van der Waals surface area contributed by atoms with E-state index < -0.39 is 0 Å². The van der Waals surface area contributed by atoms with E-state index in [0.717, 1.165) is 25.3 Å². The second-order valence-electron chi connectivity index (χ2n) is 6.90. The third-order valence-corrected chi connectivity index (χ3v) is 4.73. The predicted molar refractivity (Wildman–Crippen MR) is 95.0 cm³/mol. The van der Waals surface area contributed by atoms with Crippen LogP contribution in [0.1, 0.15) is 50.3 Å². The summed E-state index contributed by atoms with van der Waals surface area (Å²) in [5, 5.41) is 0. The van der Waals surface area contributed by atoms with E-state index in [9.17, 15) is 0 Å². The lowest BCUT2D eigenvalue weighted by Gasteiger charge is -2.16. The van der Waals surface area contributed by atoms with Crippen molar-refractivity contribution in [1.29, 1.82) is 0 Å². The van der Waals surface area contributed by atoms with E-state index in [-0.39, 0.29) is 0 Å². The standard InChI is InChI=1S/C18H32N4/c1-14-8-6-5-7-9-17(14)20-18-16(13-19)12-15(2)22(18)11-10-21(3)4/h12,14H,5-11,13,19H2,1-4H3/b20-17-. The molecule has 1 heterocycles. The monoisotopic (exact) mass is 304 g/mol. The normalized spacial score (nSPS) is 21.5. The number of aromatic nitrogens is 1. The molecular weight excluding hydrogens is 272 g/mol. The van der Waals surface area contributed by atoms with Crippen LogP contribution in [-0.4, -0.2) is 35.8 Å². The van der Waals surface area contributed by atoms with Gasteiger partial charge >= 0.3 is 0 Å². The first-order valence-electron chi connectivity index (χ1n) is 8.64. The van der Waals surface area contributed by atoms with Gasteiger partial charge in [-0.2, -0.15) is 0 Å². The predicted octanol–water partition coefficient (Wildman–Crippen LogP) is 3.49. The average Bonchev–Trinajstić information content (AvgIpc) is 2.62. The molecule has 1 atom stereocenters. The minimum absolute atomic E-state index is 0.566. The zero-order valence-electron chi connectivity index (χ0n) is 14.7. The van der Waals surface area contributed by atoms with Gasteiger partial charge in [-0.25, -0.2) is 4.99 Å². The topological polar surface area (TPSA) is 46.5 Å². The molecule has 0 bridgehead atoms. The van der Waals surface area contributed by atoms with Gasteiger partial charge in [-0.1, -0.05) is 19.8 Å². The summed E-state index contributed by atoms with van der Waals surface area (Å²) < 4.78 is 2.34. The first-order chi connectivity index (χ1) is 10.5. The summed E-state index contributed by atoms with van der Waals surface area (Å²) in [6.45, 7) is 7.05. The highest BCUT2D eigenvalue weighted by Crippen LogP contribution is 2.28. The van der Waals surface area contributed by atoms with Gasteiger partial charge in [0.2, 0.25) is 0 Å². The summed E-state index contributed by atoms with van der Waals surface area (Å²) in [7, 11) is 4.23. The van der Waals surface area contributed by atoms with Crippen molar-refractivity contribution in [3.05, 3.63) is 17.3 Å². The highest BCUT2D eigenvalue weighted by molar-refractivity contribution is 5.89. The van der Waals surface area contributed by atoms with Crippen LogP contribution >= 0.6 is 0 Å². The van der Waals surface area contributed by atoms with Crippen LogP contribution in [0, 0.1) is 12.8 Å². The minimum atomic E-state index is 0.566. The van der Waals surface area contributed by atoms with Gasteiger partial charge in [0.1, 0.15) is 5.82 Å². The molecule has 1 saturated carbocycles. The van der Waals surface area contributed by atoms with Gasteiger partial charge in [0.25, 0.3) is 0 Å². The lowest BCUT2D eigenvalue weighted by atomic mass is 10.0. The zero-order valence-corrected chi connectivity index (χ0v) is 14.7. The summed E-state index contributed by atoms with van der Waals surface area (Å²) >= 11 is 0. The Bertz CT molecular complexity index is 513. The Labute approximate surface area is 135 Å². The van der Waals surface area contributed by atoms with E-state index in [2.05, 4.69) is 43.5 Å². The summed E-state index contributed by atoms with van der Waals surface area (Å²) in [4.78, 5) is 7.32. The molecule has 124 valence electrons. The molecule has 0 aliphatic heterocycles. The molecule has 1 aliphatic carbocycles. The van der Waals surface area contributed by atoms with Crippen molar-refractivity contribution in [3.63, 3.8) is 0 Å². The van der Waals surface area contributed by atoms with Gasteiger partial charge in [0, 0.05) is 36.6 Å². The van der Waals surface area contributed by atoms with Crippen LogP contribution in [0.5, 0.6) is 0 Å². The highest BCUT2D eigenvalue weighted by atomic mass is 15.1. The molecule has 0 amide bonds. The lowest BCUT2D eigenvalue weighted by Crippen LogP contribution is -2.19. The third-order valence-electron chi connectivity index (χ3n) is 4.73. The van der Waals surface area contributed by atoms with Crippen LogP contribution in [0.25, 0.3) is 0 Å². The Morgan fingerprint density at radius 3 is 2.77 bits per heavy atom. The quantitative estimate of drug-likeness (QED) is 0.846. The Balaban J connectivity index is 2.34. The molecule has 1 aromatic rings. The van der Waals surface area contributed by atoms with E-state index in [0.29, 0.717) is 12.5 Å². The third kappa shape index (κ3) is 4.20.